The van der Waals surface area contributed by atoms with Gasteiger partial charge in [0.25, 0.3) is 0 Å². The van der Waals surface area contributed by atoms with Crippen molar-refractivity contribution in [2.75, 3.05) is 13.2 Å². The first-order valence-corrected chi connectivity index (χ1v) is 21.3. The van der Waals surface area contributed by atoms with Crippen molar-refractivity contribution in [2.45, 2.75) is 212 Å². The largest absolute Gasteiger partial charge is 0.462 e. The number of carbonyl (C=O) groups excluding carboxylic acids is 2. The van der Waals surface area contributed by atoms with Crippen LogP contribution in [0.25, 0.3) is 0 Å². The highest BCUT2D eigenvalue weighted by Crippen LogP contribution is 2.15. The summed E-state index contributed by atoms with van der Waals surface area (Å²) in [5.74, 6) is -0.674. The van der Waals surface area contributed by atoms with Crippen molar-refractivity contribution >= 4 is 11.9 Å². The summed E-state index contributed by atoms with van der Waals surface area (Å²) < 4.78 is 10.6. The number of hydrogen-bond donors (Lipinski definition) is 2. The number of carbonyl (C=O) groups is 2. The minimum Gasteiger partial charge on any atom is -0.462 e. The van der Waals surface area contributed by atoms with Crippen molar-refractivity contribution in [1.82, 2.24) is 0 Å². The Morgan fingerprint density at radius 1 is 0.529 bits per heavy atom. The molecule has 0 spiro atoms. The Morgan fingerprint density at radius 3 is 1.45 bits per heavy atom. The molecule has 0 aromatic carbocycles. The minimum atomic E-state index is -0.810. The molecule has 296 valence electrons. The highest BCUT2D eigenvalue weighted by molar-refractivity contribution is 5.70. The SMILES string of the molecule is CCCCCCCCCCCCCCCCCCCCCC(=O)OC[C@H](CO)OC(=O)CCC/C=C\C/C=C\C/C=C\C/C=C\[C@H](O)CCCC. The van der Waals surface area contributed by atoms with Crippen LogP contribution in [0.15, 0.2) is 48.6 Å². The van der Waals surface area contributed by atoms with Crippen LogP contribution in [0.3, 0.4) is 0 Å². The summed E-state index contributed by atoms with van der Waals surface area (Å²) in [6, 6.07) is 0. The van der Waals surface area contributed by atoms with Crippen molar-refractivity contribution in [2.24, 2.45) is 0 Å². The molecule has 51 heavy (non-hydrogen) atoms. The molecule has 0 saturated heterocycles. The molecule has 0 aliphatic rings. The number of esters is 2. The van der Waals surface area contributed by atoms with E-state index in [2.05, 4.69) is 50.3 Å². The number of allylic oxidation sites excluding steroid dienone is 7. The Labute approximate surface area is 314 Å². The third-order valence-electron chi connectivity index (χ3n) is 9.20. The van der Waals surface area contributed by atoms with Gasteiger partial charge in [-0.3, -0.25) is 9.59 Å². The van der Waals surface area contributed by atoms with E-state index < -0.39 is 6.10 Å². The van der Waals surface area contributed by atoms with Crippen molar-refractivity contribution in [3.8, 4) is 0 Å². The second-order valence-corrected chi connectivity index (χ2v) is 14.2. The van der Waals surface area contributed by atoms with Crippen LogP contribution < -0.4 is 0 Å². The van der Waals surface area contributed by atoms with Crippen molar-refractivity contribution in [3.05, 3.63) is 48.6 Å². The van der Waals surface area contributed by atoms with Crippen molar-refractivity contribution < 1.29 is 29.3 Å². The second kappa shape index (κ2) is 40.6. The summed E-state index contributed by atoms with van der Waals surface area (Å²) in [5, 5.41) is 19.3. The van der Waals surface area contributed by atoms with Gasteiger partial charge >= 0.3 is 11.9 Å². The molecule has 0 radical (unpaired) electrons. The van der Waals surface area contributed by atoms with E-state index in [1.165, 1.54) is 103 Å². The number of ether oxygens (including phenoxy) is 2. The summed E-state index contributed by atoms with van der Waals surface area (Å²) in [6.07, 6.45) is 48.0. The third-order valence-corrected chi connectivity index (χ3v) is 9.20. The summed E-state index contributed by atoms with van der Waals surface area (Å²) >= 11 is 0. The van der Waals surface area contributed by atoms with Crippen LogP contribution in [0.2, 0.25) is 0 Å². The van der Waals surface area contributed by atoms with E-state index in [1.807, 2.05) is 12.2 Å². The van der Waals surface area contributed by atoms with Gasteiger partial charge in [0.15, 0.2) is 6.10 Å². The van der Waals surface area contributed by atoms with E-state index in [0.29, 0.717) is 12.8 Å². The monoisotopic (exact) mass is 717 g/mol. The van der Waals surface area contributed by atoms with E-state index >= 15 is 0 Å². The number of unbranched alkanes of at least 4 members (excludes halogenated alkanes) is 20. The summed E-state index contributed by atoms with van der Waals surface area (Å²) in [4.78, 5) is 24.3. The molecular weight excluding hydrogens is 636 g/mol. The molecule has 0 saturated carbocycles. The first-order chi connectivity index (χ1) is 25.0. The average Bonchev–Trinajstić information content (AvgIpc) is 3.13. The van der Waals surface area contributed by atoms with E-state index in [-0.39, 0.29) is 37.7 Å². The van der Waals surface area contributed by atoms with E-state index in [1.54, 1.807) is 0 Å². The Morgan fingerprint density at radius 2 is 0.961 bits per heavy atom. The zero-order chi connectivity index (χ0) is 37.3. The molecule has 0 amide bonds. The Kier molecular flexibility index (Phi) is 38.9. The first-order valence-electron chi connectivity index (χ1n) is 21.3. The lowest BCUT2D eigenvalue weighted by atomic mass is 10.0. The topological polar surface area (TPSA) is 93.1 Å². The Bertz CT molecular complexity index is 876. The quantitative estimate of drug-likeness (QED) is 0.0375. The summed E-state index contributed by atoms with van der Waals surface area (Å²) in [5.41, 5.74) is 0. The van der Waals surface area contributed by atoms with Gasteiger partial charge in [0.2, 0.25) is 0 Å². The standard InChI is InChI=1S/C45H80O6/c1-3-5-7-8-9-10-11-12-13-14-15-16-17-18-22-25-28-31-34-38-44(48)50-41-43(40-46)51-45(49)39-35-32-29-26-23-20-19-21-24-27-30-33-37-42(47)36-6-4-2/h19-20,24,26-27,29,33,37,42-43,46-47H,3-18,21-23,25,28,30-32,34-36,38-41H2,1-2H3/b20-19-,27-24-,29-26-,37-33-/t42-,43+/m1/s1. The molecule has 0 aromatic heterocycles. The van der Waals surface area contributed by atoms with Crippen molar-refractivity contribution in [3.63, 3.8) is 0 Å². The van der Waals surface area contributed by atoms with Crippen LogP contribution in [0, 0.1) is 0 Å². The van der Waals surface area contributed by atoms with E-state index in [4.69, 9.17) is 9.47 Å². The van der Waals surface area contributed by atoms with Crippen LogP contribution >= 0.6 is 0 Å². The van der Waals surface area contributed by atoms with Gasteiger partial charge in [0.05, 0.1) is 12.7 Å². The zero-order valence-electron chi connectivity index (χ0n) is 33.2. The number of hydrogen-bond acceptors (Lipinski definition) is 6. The van der Waals surface area contributed by atoms with E-state index in [9.17, 15) is 19.8 Å². The van der Waals surface area contributed by atoms with Gasteiger partial charge in [-0.1, -0.05) is 191 Å². The molecule has 0 aromatic rings. The van der Waals surface area contributed by atoms with Crippen LogP contribution in [-0.4, -0.2) is 47.6 Å². The second-order valence-electron chi connectivity index (χ2n) is 14.2. The maximum absolute atomic E-state index is 12.2. The van der Waals surface area contributed by atoms with Crippen LogP contribution in [0.4, 0.5) is 0 Å². The smallest absolute Gasteiger partial charge is 0.306 e. The van der Waals surface area contributed by atoms with Crippen molar-refractivity contribution in [1.29, 1.82) is 0 Å². The molecule has 6 nitrogen and oxygen atoms in total. The Balaban J connectivity index is 3.63. The molecule has 0 unspecified atom stereocenters. The maximum Gasteiger partial charge on any atom is 0.306 e. The van der Waals surface area contributed by atoms with Crippen LogP contribution in [0.5, 0.6) is 0 Å². The van der Waals surface area contributed by atoms with Crippen LogP contribution in [0.1, 0.15) is 200 Å². The molecule has 0 aliphatic heterocycles. The molecule has 2 atom stereocenters. The fourth-order valence-electron chi connectivity index (χ4n) is 5.92. The van der Waals surface area contributed by atoms with Gasteiger partial charge in [0.1, 0.15) is 6.61 Å². The fourth-order valence-corrected chi connectivity index (χ4v) is 5.92. The lowest BCUT2D eigenvalue weighted by Gasteiger charge is -2.15. The highest BCUT2D eigenvalue weighted by Gasteiger charge is 2.16. The molecule has 2 N–H and O–H groups in total. The third kappa shape index (κ3) is 38.9. The first kappa shape index (κ1) is 48.8. The average molecular weight is 717 g/mol. The molecule has 0 fully saturated rings. The number of aliphatic hydroxyl groups is 2. The lowest BCUT2D eigenvalue weighted by Crippen LogP contribution is -2.28. The highest BCUT2D eigenvalue weighted by atomic mass is 16.6. The van der Waals surface area contributed by atoms with Gasteiger partial charge in [-0.15, -0.1) is 0 Å². The molecule has 0 aliphatic carbocycles. The number of aliphatic hydroxyl groups excluding tert-OH is 2. The summed E-state index contributed by atoms with van der Waals surface area (Å²) in [6.45, 7) is 3.95. The van der Waals surface area contributed by atoms with Gasteiger partial charge in [-0.25, -0.2) is 0 Å². The van der Waals surface area contributed by atoms with Crippen LogP contribution in [-0.2, 0) is 19.1 Å². The zero-order valence-corrected chi connectivity index (χ0v) is 33.2. The maximum atomic E-state index is 12.2. The summed E-state index contributed by atoms with van der Waals surface area (Å²) in [7, 11) is 0. The van der Waals surface area contributed by atoms with E-state index in [0.717, 1.165) is 64.2 Å². The molecule has 0 rings (SSSR count). The molecule has 6 heteroatoms. The van der Waals surface area contributed by atoms with Gasteiger partial charge in [0, 0.05) is 12.8 Å². The van der Waals surface area contributed by atoms with Gasteiger partial charge in [-0.05, 0) is 44.9 Å². The lowest BCUT2D eigenvalue weighted by molar-refractivity contribution is -0.161. The molecule has 0 bridgehead atoms. The van der Waals surface area contributed by atoms with Gasteiger partial charge in [-0.2, -0.15) is 0 Å². The predicted molar refractivity (Wildman–Crippen MR) is 216 cm³/mol. The van der Waals surface area contributed by atoms with Gasteiger partial charge < -0.3 is 19.7 Å². The molecule has 0 heterocycles. The minimum absolute atomic E-state index is 0.0967. The Hall–Kier alpha value is -2.18. The predicted octanol–water partition coefficient (Wildman–Crippen LogP) is 12.4. The fraction of sp³-hybridized carbons (Fsp3) is 0.778. The number of rotatable bonds is 38. The molecular formula is C45H80O6. The normalized spacial score (nSPS) is 13.3.